The van der Waals surface area contributed by atoms with Gasteiger partial charge < -0.3 is 14.8 Å². The molecule has 4 rings (SSSR count). The Morgan fingerprint density at radius 1 is 1.00 bits per heavy atom. The van der Waals surface area contributed by atoms with Gasteiger partial charge in [0.25, 0.3) is 0 Å². The van der Waals surface area contributed by atoms with Crippen LogP contribution in [0.15, 0.2) is 94.8 Å². The first kappa shape index (κ1) is 29.4. The van der Waals surface area contributed by atoms with Crippen molar-refractivity contribution < 1.29 is 14.3 Å². The number of carbonyl (C=O) groups excluding carboxylic acids is 1. The molecule has 1 heterocycles. The molecular weight excluding hydrogens is 594 g/mol. The normalized spacial score (nSPS) is 11.6. The molecule has 40 heavy (non-hydrogen) atoms. The van der Waals surface area contributed by atoms with Gasteiger partial charge in [-0.1, -0.05) is 79.5 Å². The standard InChI is InChI=1S/C31H29BrClN3O4/c1-2-8-27(31(37)36-38)35-18-24-15-26(33)29(16-28(24)39-19-21-9-7-14-34-17-21)40-20-23-12-6-13-25(30(23)32)22-10-4-3-5-11-22/h3-7,9-17,27,35H,2,8,18-20H2,1H3. The fourth-order valence-corrected chi connectivity index (χ4v) is 5.04. The predicted molar refractivity (Wildman–Crippen MR) is 160 cm³/mol. The van der Waals surface area contributed by atoms with Crippen LogP contribution in [0, 0.1) is 4.91 Å². The van der Waals surface area contributed by atoms with Crippen LogP contribution >= 0.6 is 27.5 Å². The maximum atomic E-state index is 12.0. The van der Waals surface area contributed by atoms with Gasteiger partial charge in [-0.15, -0.1) is 4.91 Å². The first-order chi connectivity index (χ1) is 19.5. The molecule has 0 aliphatic rings. The zero-order valence-corrected chi connectivity index (χ0v) is 24.3. The summed E-state index contributed by atoms with van der Waals surface area (Å²) in [6, 6.07) is 22.7. The zero-order valence-electron chi connectivity index (χ0n) is 22.0. The summed E-state index contributed by atoms with van der Waals surface area (Å²) in [5.74, 6) is 0.267. The first-order valence-corrected chi connectivity index (χ1v) is 14.1. The van der Waals surface area contributed by atoms with Gasteiger partial charge in [-0.05, 0) is 45.6 Å². The van der Waals surface area contributed by atoms with Crippen molar-refractivity contribution in [2.24, 2.45) is 5.18 Å². The molecule has 0 fully saturated rings. The van der Waals surface area contributed by atoms with E-state index in [-0.39, 0.29) is 19.8 Å². The molecule has 4 aromatic rings. The van der Waals surface area contributed by atoms with E-state index in [2.05, 4.69) is 49.6 Å². The average Bonchev–Trinajstić information content (AvgIpc) is 2.99. The van der Waals surface area contributed by atoms with Crippen LogP contribution in [0.2, 0.25) is 5.02 Å². The fourth-order valence-electron chi connectivity index (χ4n) is 4.19. The lowest BCUT2D eigenvalue weighted by Crippen LogP contribution is -2.35. The molecule has 206 valence electrons. The van der Waals surface area contributed by atoms with Crippen molar-refractivity contribution >= 4 is 33.4 Å². The minimum atomic E-state index is -0.728. The van der Waals surface area contributed by atoms with Crippen LogP contribution in [0.1, 0.15) is 36.5 Å². The lowest BCUT2D eigenvalue weighted by Gasteiger charge is -2.18. The summed E-state index contributed by atoms with van der Waals surface area (Å²) >= 11 is 10.4. The Kier molecular flexibility index (Phi) is 10.8. The number of hydrogen-bond acceptors (Lipinski definition) is 6. The third-order valence-electron chi connectivity index (χ3n) is 6.28. The fraction of sp³-hybridized carbons (Fsp3) is 0.226. The molecule has 1 aromatic heterocycles. The number of nitrogens with one attached hydrogen (secondary N) is 1. The van der Waals surface area contributed by atoms with E-state index in [1.807, 2.05) is 49.4 Å². The highest BCUT2D eigenvalue weighted by Gasteiger charge is 2.20. The Morgan fingerprint density at radius 3 is 2.52 bits per heavy atom. The molecule has 0 aliphatic heterocycles. The molecule has 3 aromatic carbocycles. The summed E-state index contributed by atoms with van der Waals surface area (Å²) in [5.41, 5.74) is 4.73. The quantitative estimate of drug-likeness (QED) is 0.153. The number of nitrogens with zero attached hydrogens (tertiary/aromatic N) is 2. The highest BCUT2D eigenvalue weighted by molar-refractivity contribution is 9.10. The minimum absolute atomic E-state index is 0.249. The molecule has 0 radical (unpaired) electrons. The van der Waals surface area contributed by atoms with Crippen LogP contribution in [-0.2, 0) is 24.6 Å². The van der Waals surface area contributed by atoms with Gasteiger partial charge >= 0.3 is 5.91 Å². The number of amides is 1. The Labute approximate surface area is 247 Å². The Hall–Kier alpha value is -3.59. The van der Waals surface area contributed by atoms with Gasteiger partial charge in [0.1, 0.15) is 24.7 Å². The molecule has 9 heteroatoms. The highest BCUT2D eigenvalue weighted by Crippen LogP contribution is 2.36. The van der Waals surface area contributed by atoms with Gasteiger partial charge in [0.2, 0.25) is 0 Å². The number of hydrogen-bond donors (Lipinski definition) is 1. The molecule has 7 nitrogen and oxygen atoms in total. The lowest BCUT2D eigenvalue weighted by atomic mass is 10.0. The van der Waals surface area contributed by atoms with Crippen LogP contribution in [0.3, 0.4) is 0 Å². The van der Waals surface area contributed by atoms with Crippen molar-refractivity contribution in [1.82, 2.24) is 10.3 Å². The lowest BCUT2D eigenvalue weighted by molar-refractivity contribution is -0.120. The number of carbonyl (C=O) groups is 1. The molecule has 0 aliphatic carbocycles. The number of pyridine rings is 1. The Balaban J connectivity index is 1.56. The second kappa shape index (κ2) is 14.7. The zero-order chi connectivity index (χ0) is 28.3. The minimum Gasteiger partial charge on any atom is -0.488 e. The van der Waals surface area contributed by atoms with E-state index in [0.717, 1.165) is 33.1 Å². The van der Waals surface area contributed by atoms with Gasteiger partial charge in [0, 0.05) is 51.3 Å². The maximum absolute atomic E-state index is 12.0. The van der Waals surface area contributed by atoms with Gasteiger partial charge in [-0.2, -0.15) is 0 Å². The van der Waals surface area contributed by atoms with Gasteiger partial charge in [-0.25, -0.2) is 0 Å². The summed E-state index contributed by atoms with van der Waals surface area (Å²) in [5, 5.41) is 6.11. The Morgan fingerprint density at radius 2 is 1.80 bits per heavy atom. The third kappa shape index (κ3) is 7.75. The maximum Gasteiger partial charge on any atom is 0.303 e. The molecule has 1 amide bonds. The van der Waals surface area contributed by atoms with E-state index < -0.39 is 11.9 Å². The second-order valence-electron chi connectivity index (χ2n) is 9.13. The smallest absolute Gasteiger partial charge is 0.303 e. The molecule has 0 spiro atoms. The monoisotopic (exact) mass is 621 g/mol. The van der Waals surface area contributed by atoms with Gasteiger partial charge in [0.15, 0.2) is 0 Å². The van der Waals surface area contributed by atoms with Gasteiger partial charge in [-0.3, -0.25) is 9.78 Å². The topological polar surface area (TPSA) is 89.9 Å². The number of benzene rings is 3. The van der Waals surface area contributed by atoms with Crippen molar-refractivity contribution in [3.8, 4) is 22.6 Å². The number of ether oxygens (including phenoxy) is 2. The molecule has 0 saturated carbocycles. The molecule has 1 N–H and O–H groups in total. The number of nitroso groups, excluding NO2 is 1. The van der Waals surface area contributed by atoms with Crippen LogP contribution < -0.4 is 14.8 Å². The van der Waals surface area contributed by atoms with E-state index >= 15 is 0 Å². The van der Waals surface area contributed by atoms with E-state index in [9.17, 15) is 9.70 Å². The largest absolute Gasteiger partial charge is 0.488 e. The Bertz CT molecular complexity index is 1440. The van der Waals surface area contributed by atoms with E-state index in [0.29, 0.717) is 28.5 Å². The summed E-state index contributed by atoms with van der Waals surface area (Å²) in [6.45, 7) is 2.74. The second-order valence-corrected chi connectivity index (χ2v) is 10.3. The highest BCUT2D eigenvalue weighted by atomic mass is 79.9. The molecule has 0 saturated heterocycles. The first-order valence-electron chi connectivity index (χ1n) is 12.9. The van der Waals surface area contributed by atoms with E-state index in [4.69, 9.17) is 21.1 Å². The van der Waals surface area contributed by atoms with E-state index in [1.54, 1.807) is 24.5 Å². The third-order valence-corrected chi connectivity index (χ3v) is 7.51. The molecule has 1 atom stereocenters. The van der Waals surface area contributed by atoms with Crippen molar-refractivity contribution in [2.45, 2.75) is 45.6 Å². The van der Waals surface area contributed by atoms with Crippen LogP contribution in [0.25, 0.3) is 11.1 Å². The predicted octanol–water partition coefficient (Wildman–Crippen LogP) is 7.87. The number of halogens is 2. The SMILES string of the molecule is CCCC(NCc1cc(Cl)c(OCc2cccc(-c3ccccc3)c2Br)cc1OCc1cccnc1)C(=O)N=O. The number of aromatic nitrogens is 1. The number of rotatable bonds is 13. The van der Waals surface area contributed by atoms with Crippen LogP contribution in [-0.4, -0.2) is 16.9 Å². The van der Waals surface area contributed by atoms with Crippen LogP contribution in [0.5, 0.6) is 11.5 Å². The van der Waals surface area contributed by atoms with Crippen molar-refractivity contribution in [3.05, 3.63) is 116 Å². The van der Waals surface area contributed by atoms with Crippen molar-refractivity contribution in [3.63, 3.8) is 0 Å². The molecular formula is C31H29BrClN3O4. The summed E-state index contributed by atoms with van der Waals surface area (Å²) < 4.78 is 13.3. The van der Waals surface area contributed by atoms with E-state index in [1.165, 1.54) is 0 Å². The van der Waals surface area contributed by atoms with Crippen molar-refractivity contribution in [1.29, 1.82) is 0 Å². The molecule has 0 bridgehead atoms. The average molecular weight is 623 g/mol. The summed E-state index contributed by atoms with van der Waals surface area (Å²) in [7, 11) is 0. The van der Waals surface area contributed by atoms with Crippen molar-refractivity contribution in [2.75, 3.05) is 0 Å². The van der Waals surface area contributed by atoms with Gasteiger partial charge in [0.05, 0.1) is 11.1 Å². The molecule has 1 unspecified atom stereocenters. The summed E-state index contributed by atoms with van der Waals surface area (Å²) in [6.07, 6.45) is 4.64. The summed E-state index contributed by atoms with van der Waals surface area (Å²) in [4.78, 5) is 27.0. The van der Waals surface area contributed by atoms with Crippen LogP contribution in [0.4, 0.5) is 0 Å².